The van der Waals surface area contributed by atoms with Crippen LogP contribution in [0.1, 0.15) is 35.3 Å². The Labute approximate surface area is 174 Å². The van der Waals surface area contributed by atoms with E-state index in [0.717, 1.165) is 17.4 Å². The van der Waals surface area contributed by atoms with Gasteiger partial charge in [0.2, 0.25) is 0 Å². The summed E-state index contributed by atoms with van der Waals surface area (Å²) in [4.78, 5) is 22.4. The van der Waals surface area contributed by atoms with Gasteiger partial charge in [0, 0.05) is 16.6 Å². The van der Waals surface area contributed by atoms with Gasteiger partial charge in [0.05, 0.1) is 28.5 Å². The average molecular weight is 402 g/mol. The Kier molecular flexibility index (Phi) is 5.54. The van der Waals surface area contributed by atoms with E-state index in [4.69, 9.17) is 11.6 Å². The number of benzene rings is 2. The molecular formula is C24H20ClN3O. The number of hydrogen-bond acceptors (Lipinski definition) is 3. The molecular weight excluding hydrogens is 382 g/mol. The number of hydrogen-bond donors (Lipinski definition) is 1. The predicted octanol–water partition coefficient (Wildman–Crippen LogP) is 5.83. The van der Waals surface area contributed by atoms with Crippen LogP contribution in [0.4, 0.5) is 0 Å². The number of nitrogens with zero attached hydrogens (tertiary/aromatic N) is 2. The highest BCUT2D eigenvalue weighted by atomic mass is 35.5. The summed E-state index contributed by atoms with van der Waals surface area (Å²) in [6, 6.07) is 22.7. The fourth-order valence-electron chi connectivity index (χ4n) is 3.37. The Morgan fingerprint density at radius 1 is 1.00 bits per heavy atom. The van der Waals surface area contributed by atoms with Crippen molar-refractivity contribution in [3.63, 3.8) is 0 Å². The van der Waals surface area contributed by atoms with Gasteiger partial charge in [-0.15, -0.1) is 0 Å². The van der Waals surface area contributed by atoms with Gasteiger partial charge in [-0.05, 0) is 48.4 Å². The van der Waals surface area contributed by atoms with Crippen LogP contribution in [0.25, 0.3) is 22.3 Å². The van der Waals surface area contributed by atoms with Crippen molar-refractivity contribution in [3.8, 4) is 11.4 Å². The van der Waals surface area contributed by atoms with Crippen molar-refractivity contribution < 1.29 is 4.79 Å². The van der Waals surface area contributed by atoms with Crippen molar-refractivity contribution in [3.05, 3.63) is 95.1 Å². The molecule has 4 rings (SSSR count). The lowest BCUT2D eigenvalue weighted by Gasteiger charge is -2.18. The van der Waals surface area contributed by atoms with Crippen LogP contribution in [0, 0.1) is 0 Å². The smallest absolute Gasteiger partial charge is 0.252 e. The molecule has 0 spiro atoms. The molecule has 0 radical (unpaired) electrons. The summed E-state index contributed by atoms with van der Waals surface area (Å²) in [5.41, 5.74) is 3.68. The lowest BCUT2D eigenvalue weighted by Crippen LogP contribution is -2.28. The van der Waals surface area contributed by atoms with E-state index in [-0.39, 0.29) is 11.9 Å². The van der Waals surface area contributed by atoms with E-state index in [2.05, 4.69) is 22.2 Å². The van der Waals surface area contributed by atoms with E-state index >= 15 is 0 Å². The highest BCUT2D eigenvalue weighted by Crippen LogP contribution is 2.27. The first-order valence-electron chi connectivity index (χ1n) is 9.53. The van der Waals surface area contributed by atoms with Crippen LogP contribution in [0.5, 0.6) is 0 Å². The van der Waals surface area contributed by atoms with Gasteiger partial charge in [-0.1, -0.05) is 54.9 Å². The molecule has 2 aromatic heterocycles. The third kappa shape index (κ3) is 4.13. The predicted molar refractivity (Wildman–Crippen MR) is 117 cm³/mol. The minimum absolute atomic E-state index is 0.0793. The van der Waals surface area contributed by atoms with Gasteiger partial charge in [-0.2, -0.15) is 0 Å². The Morgan fingerprint density at radius 2 is 1.79 bits per heavy atom. The lowest BCUT2D eigenvalue weighted by atomic mass is 10.0. The van der Waals surface area contributed by atoms with Crippen LogP contribution in [0.2, 0.25) is 5.02 Å². The fourth-order valence-corrected chi connectivity index (χ4v) is 3.55. The number of carbonyl (C=O) groups excluding carboxylic acids is 1. The maximum absolute atomic E-state index is 13.3. The van der Waals surface area contributed by atoms with Gasteiger partial charge in [0.25, 0.3) is 5.91 Å². The summed E-state index contributed by atoms with van der Waals surface area (Å²) in [6.07, 6.45) is 2.50. The van der Waals surface area contributed by atoms with Gasteiger partial charge in [-0.3, -0.25) is 9.78 Å². The molecule has 1 N–H and O–H groups in total. The summed E-state index contributed by atoms with van der Waals surface area (Å²) >= 11 is 6.21. The van der Waals surface area contributed by atoms with Gasteiger partial charge in [0.1, 0.15) is 0 Å². The number of fused-ring (bicyclic) bond motifs is 1. The maximum atomic E-state index is 13.3. The zero-order valence-corrected chi connectivity index (χ0v) is 16.7. The first-order valence-corrected chi connectivity index (χ1v) is 9.91. The van der Waals surface area contributed by atoms with E-state index in [1.165, 1.54) is 0 Å². The standard InChI is InChI=1S/C24H20ClN3O/c1-2-20(16-8-4-3-5-9-16)28-24(29)19-15-23(22-10-6-7-13-26-22)27-21-12-11-17(25)14-18(19)21/h3-15,20H,2H2,1H3,(H,28,29)/t20-/m0/s1. The molecule has 0 saturated heterocycles. The number of rotatable bonds is 5. The highest BCUT2D eigenvalue weighted by molar-refractivity contribution is 6.31. The Morgan fingerprint density at radius 3 is 2.52 bits per heavy atom. The topological polar surface area (TPSA) is 54.9 Å². The monoisotopic (exact) mass is 401 g/mol. The number of amides is 1. The summed E-state index contributed by atoms with van der Waals surface area (Å²) in [6.45, 7) is 2.05. The van der Waals surface area contributed by atoms with Crippen LogP contribution in [-0.2, 0) is 0 Å². The van der Waals surface area contributed by atoms with Crippen molar-refractivity contribution in [1.82, 2.24) is 15.3 Å². The molecule has 0 bridgehead atoms. The van der Waals surface area contributed by atoms with Crippen molar-refractivity contribution in [2.24, 2.45) is 0 Å². The SMILES string of the molecule is CC[C@H](NC(=O)c1cc(-c2ccccn2)nc2ccc(Cl)cc12)c1ccccc1. The van der Waals surface area contributed by atoms with Crippen LogP contribution >= 0.6 is 11.6 Å². The molecule has 0 aliphatic rings. The Bertz CT molecular complexity index is 1150. The largest absolute Gasteiger partial charge is 0.345 e. The molecule has 0 unspecified atom stereocenters. The molecule has 0 saturated carbocycles. The van der Waals surface area contributed by atoms with Crippen LogP contribution < -0.4 is 5.32 Å². The van der Waals surface area contributed by atoms with Gasteiger partial charge in [0.15, 0.2) is 0 Å². The van der Waals surface area contributed by atoms with Crippen molar-refractivity contribution in [1.29, 1.82) is 0 Å². The zero-order valence-electron chi connectivity index (χ0n) is 16.0. The maximum Gasteiger partial charge on any atom is 0.252 e. The van der Waals surface area contributed by atoms with E-state index < -0.39 is 0 Å². The fraction of sp³-hybridized carbons (Fsp3) is 0.125. The molecule has 1 amide bonds. The minimum atomic E-state index is -0.160. The van der Waals surface area contributed by atoms with Crippen LogP contribution in [-0.4, -0.2) is 15.9 Å². The Hall–Kier alpha value is -3.24. The summed E-state index contributed by atoms with van der Waals surface area (Å²) in [5.74, 6) is -0.160. The molecule has 2 heterocycles. The summed E-state index contributed by atoms with van der Waals surface area (Å²) in [7, 11) is 0. The summed E-state index contributed by atoms with van der Waals surface area (Å²) < 4.78 is 0. The van der Waals surface area contributed by atoms with Gasteiger partial charge >= 0.3 is 0 Å². The molecule has 0 aliphatic carbocycles. The van der Waals surface area contributed by atoms with Crippen molar-refractivity contribution >= 4 is 28.4 Å². The van der Waals surface area contributed by atoms with E-state index in [1.54, 1.807) is 24.4 Å². The molecule has 1 atom stereocenters. The molecule has 4 nitrogen and oxygen atoms in total. The molecule has 144 valence electrons. The normalized spacial score (nSPS) is 11.9. The number of pyridine rings is 2. The highest BCUT2D eigenvalue weighted by Gasteiger charge is 2.18. The molecule has 4 aromatic rings. The van der Waals surface area contributed by atoms with E-state index in [1.807, 2.05) is 54.6 Å². The average Bonchev–Trinajstić information content (AvgIpc) is 2.77. The third-order valence-electron chi connectivity index (χ3n) is 4.86. The van der Waals surface area contributed by atoms with Crippen LogP contribution in [0.15, 0.2) is 79.0 Å². The first-order chi connectivity index (χ1) is 14.2. The molecule has 2 aromatic carbocycles. The second-order valence-corrected chi connectivity index (χ2v) is 7.21. The number of aromatic nitrogens is 2. The lowest BCUT2D eigenvalue weighted by molar-refractivity contribution is 0.0937. The first kappa shape index (κ1) is 19.1. The minimum Gasteiger partial charge on any atom is -0.345 e. The summed E-state index contributed by atoms with van der Waals surface area (Å²) in [5, 5.41) is 4.44. The second kappa shape index (κ2) is 8.41. The molecule has 0 aliphatic heterocycles. The third-order valence-corrected chi connectivity index (χ3v) is 5.09. The van der Waals surface area contributed by atoms with Crippen molar-refractivity contribution in [2.45, 2.75) is 19.4 Å². The molecule has 0 fully saturated rings. The van der Waals surface area contributed by atoms with E-state index in [9.17, 15) is 4.79 Å². The van der Waals surface area contributed by atoms with Crippen molar-refractivity contribution in [2.75, 3.05) is 0 Å². The zero-order chi connectivity index (χ0) is 20.2. The van der Waals surface area contributed by atoms with Gasteiger partial charge < -0.3 is 5.32 Å². The van der Waals surface area contributed by atoms with Gasteiger partial charge in [-0.25, -0.2) is 4.98 Å². The molecule has 29 heavy (non-hydrogen) atoms. The number of carbonyl (C=O) groups is 1. The second-order valence-electron chi connectivity index (χ2n) is 6.78. The number of nitrogens with one attached hydrogen (secondary N) is 1. The number of halogens is 1. The Balaban J connectivity index is 1.78. The molecule has 5 heteroatoms. The van der Waals surface area contributed by atoms with Crippen LogP contribution in [0.3, 0.4) is 0 Å². The quantitative estimate of drug-likeness (QED) is 0.457. The van der Waals surface area contributed by atoms with E-state index in [0.29, 0.717) is 27.5 Å².